The summed E-state index contributed by atoms with van der Waals surface area (Å²) in [7, 11) is 0. The van der Waals surface area contributed by atoms with E-state index in [0.29, 0.717) is 5.92 Å². The Morgan fingerprint density at radius 3 is 2.74 bits per heavy atom. The van der Waals surface area contributed by atoms with Crippen molar-refractivity contribution >= 4 is 23.5 Å². The van der Waals surface area contributed by atoms with E-state index in [0.717, 1.165) is 17.1 Å². The summed E-state index contributed by atoms with van der Waals surface area (Å²) in [5.74, 6) is 0.367. The van der Waals surface area contributed by atoms with E-state index < -0.39 is 0 Å². The van der Waals surface area contributed by atoms with Crippen LogP contribution in [-0.4, -0.2) is 6.21 Å². The van der Waals surface area contributed by atoms with Crippen molar-refractivity contribution in [3.8, 4) is 0 Å². The number of fused-ring (bicyclic) bond motifs is 2. The van der Waals surface area contributed by atoms with Gasteiger partial charge >= 0.3 is 0 Å². The lowest BCUT2D eigenvalue weighted by Gasteiger charge is -2.18. The van der Waals surface area contributed by atoms with Crippen LogP contribution in [0.4, 0.5) is 5.69 Å². The van der Waals surface area contributed by atoms with Gasteiger partial charge in [-0.2, -0.15) is 0 Å². The average molecular weight is 270 g/mol. The zero-order chi connectivity index (χ0) is 13.4. The van der Waals surface area contributed by atoms with E-state index in [1.165, 1.54) is 22.3 Å². The third-order valence-electron chi connectivity index (χ3n) is 3.73. The number of rotatable bonds is 1. The highest BCUT2D eigenvalue weighted by Crippen LogP contribution is 2.39. The molecule has 2 aromatic rings. The number of hydrogen-bond acceptors (Lipinski definition) is 1. The van der Waals surface area contributed by atoms with Crippen molar-refractivity contribution in [2.24, 2.45) is 4.99 Å². The molecule has 1 atom stereocenters. The molecule has 0 aromatic heterocycles. The molecule has 96 valence electrons. The average Bonchev–Trinajstić information content (AvgIpc) is 2.54. The highest BCUT2D eigenvalue weighted by Gasteiger charge is 2.21. The minimum Gasteiger partial charge on any atom is -0.256 e. The highest BCUT2D eigenvalue weighted by molar-refractivity contribution is 6.30. The summed E-state index contributed by atoms with van der Waals surface area (Å²) in [4.78, 5) is 4.62. The number of aryl methyl sites for hydroxylation is 1. The topological polar surface area (TPSA) is 12.4 Å². The minimum absolute atomic E-state index is 0.367. The van der Waals surface area contributed by atoms with Crippen molar-refractivity contribution in [3.63, 3.8) is 0 Å². The Bertz CT molecular complexity index is 658. The molecule has 19 heavy (non-hydrogen) atoms. The largest absolute Gasteiger partial charge is 0.256 e. The Labute approximate surface area is 119 Å². The van der Waals surface area contributed by atoms with Gasteiger partial charge in [-0.05, 0) is 48.2 Å². The highest BCUT2D eigenvalue weighted by atomic mass is 35.5. The van der Waals surface area contributed by atoms with Crippen molar-refractivity contribution in [1.29, 1.82) is 0 Å². The Morgan fingerprint density at radius 1 is 1.11 bits per heavy atom. The molecule has 3 rings (SSSR count). The Hall–Kier alpha value is -1.60. The summed E-state index contributed by atoms with van der Waals surface area (Å²) in [6.45, 7) is 4.33. The molecule has 0 radical (unpaired) electrons. The Morgan fingerprint density at radius 2 is 1.95 bits per heavy atom. The Balaban J connectivity index is 2.25. The molecule has 0 N–H and O–H groups in total. The predicted octanol–water partition coefficient (Wildman–Crippen LogP) is 5.25. The fourth-order valence-corrected chi connectivity index (χ4v) is 2.97. The molecule has 1 aliphatic heterocycles. The van der Waals surface area contributed by atoms with Crippen LogP contribution in [-0.2, 0) is 0 Å². The summed E-state index contributed by atoms with van der Waals surface area (Å²) in [5, 5.41) is 0.781. The van der Waals surface area contributed by atoms with Gasteiger partial charge in [0.15, 0.2) is 0 Å². The summed E-state index contributed by atoms with van der Waals surface area (Å²) >= 11 is 6.15. The van der Waals surface area contributed by atoms with Crippen LogP contribution in [0.3, 0.4) is 0 Å². The van der Waals surface area contributed by atoms with E-state index in [-0.39, 0.29) is 0 Å². The van der Waals surface area contributed by atoms with E-state index in [2.05, 4.69) is 43.1 Å². The second-order valence-corrected chi connectivity index (χ2v) is 5.49. The van der Waals surface area contributed by atoms with Crippen LogP contribution in [0.15, 0.2) is 41.4 Å². The number of benzene rings is 2. The first-order valence-electron chi connectivity index (χ1n) is 6.63. The molecule has 0 aliphatic carbocycles. The fraction of sp³-hybridized carbons (Fsp3) is 0.235. The molecule has 0 fully saturated rings. The summed E-state index contributed by atoms with van der Waals surface area (Å²) in [5.41, 5.74) is 6.10. The molecular formula is C17H16ClN. The first-order valence-corrected chi connectivity index (χ1v) is 7.01. The molecule has 0 bridgehead atoms. The van der Waals surface area contributed by atoms with Gasteiger partial charge in [-0.15, -0.1) is 0 Å². The molecule has 1 aliphatic rings. The standard InChI is InChI=1S/C17H16ClN/c1-3-14-15-6-4-11(2)8-12(15)10-19-17-7-5-13(18)9-16(14)17/h4-10,14H,3H2,1-2H3. The van der Waals surface area contributed by atoms with Gasteiger partial charge in [0.05, 0.1) is 5.69 Å². The van der Waals surface area contributed by atoms with E-state index in [4.69, 9.17) is 11.6 Å². The smallest absolute Gasteiger partial charge is 0.0669 e. The molecule has 0 spiro atoms. The second-order valence-electron chi connectivity index (χ2n) is 5.05. The molecule has 0 saturated heterocycles. The SMILES string of the molecule is CCC1c2ccc(C)cc2C=Nc2ccc(Cl)cc21. The van der Waals surface area contributed by atoms with Gasteiger partial charge in [0.1, 0.15) is 0 Å². The number of hydrogen-bond donors (Lipinski definition) is 0. The monoisotopic (exact) mass is 269 g/mol. The van der Waals surface area contributed by atoms with E-state index in [9.17, 15) is 0 Å². The van der Waals surface area contributed by atoms with Crippen LogP contribution in [0.25, 0.3) is 0 Å². The number of aliphatic imine (C=N–C) groups is 1. The maximum atomic E-state index is 6.15. The molecule has 1 nitrogen and oxygen atoms in total. The maximum absolute atomic E-state index is 6.15. The summed E-state index contributed by atoms with van der Waals surface area (Å²) in [6.07, 6.45) is 3.03. The lowest BCUT2D eigenvalue weighted by Crippen LogP contribution is -2.02. The van der Waals surface area contributed by atoms with Crippen LogP contribution < -0.4 is 0 Å². The molecular weight excluding hydrogens is 254 g/mol. The molecule has 1 heterocycles. The summed E-state index contributed by atoms with van der Waals surface area (Å²) < 4.78 is 0. The van der Waals surface area contributed by atoms with Crippen molar-refractivity contribution in [2.75, 3.05) is 0 Å². The summed E-state index contributed by atoms with van der Waals surface area (Å²) in [6, 6.07) is 12.6. The van der Waals surface area contributed by atoms with Gasteiger partial charge in [0, 0.05) is 17.2 Å². The van der Waals surface area contributed by atoms with Gasteiger partial charge in [-0.1, -0.05) is 42.3 Å². The van der Waals surface area contributed by atoms with Crippen LogP contribution in [0, 0.1) is 6.92 Å². The maximum Gasteiger partial charge on any atom is 0.0669 e. The van der Waals surface area contributed by atoms with E-state index in [1.54, 1.807) is 0 Å². The van der Waals surface area contributed by atoms with Gasteiger partial charge < -0.3 is 0 Å². The third kappa shape index (κ3) is 2.19. The van der Waals surface area contributed by atoms with E-state index in [1.807, 2.05) is 18.3 Å². The number of halogens is 1. The zero-order valence-corrected chi connectivity index (χ0v) is 11.9. The lowest BCUT2D eigenvalue weighted by molar-refractivity contribution is 0.779. The predicted molar refractivity (Wildman–Crippen MR) is 82.0 cm³/mol. The molecule has 0 saturated carbocycles. The lowest BCUT2D eigenvalue weighted by atomic mass is 9.86. The van der Waals surface area contributed by atoms with Crippen LogP contribution in [0.1, 0.15) is 41.5 Å². The van der Waals surface area contributed by atoms with Crippen molar-refractivity contribution in [2.45, 2.75) is 26.2 Å². The first-order chi connectivity index (χ1) is 9.19. The molecule has 1 unspecified atom stereocenters. The van der Waals surface area contributed by atoms with Crippen molar-refractivity contribution in [1.82, 2.24) is 0 Å². The van der Waals surface area contributed by atoms with Crippen molar-refractivity contribution < 1.29 is 0 Å². The van der Waals surface area contributed by atoms with Gasteiger partial charge in [-0.25, -0.2) is 0 Å². The molecule has 2 heteroatoms. The van der Waals surface area contributed by atoms with E-state index >= 15 is 0 Å². The van der Waals surface area contributed by atoms with Gasteiger partial charge in [0.2, 0.25) is 0 Å². The van der Waals surface area contributed by atoms with Crippen LogP contribution in [0.2, 0.25) is 5.02 Å². The van der Waals surface area contributed by atoms with Gasteiger partial charge in [0.25, 0.3) is 0 Å². The first kappa shape index (κ1) is 12.4. The van der Waals surface area contributed by atoms with Crippen LogP contribution >= 0.6 is 11.6 Å². The fourth-order valence-electron chi connectivity index (χ4n) is 2.79. The Kier molecular flexibility index (Phi) is 3.16. The number of nitrogens with zero attached hydrogens (tertiary/aromatic N) is 1. The molecule has 2 aromatic carbocycles. The zero-order valence-electron chi connectivity index (χ0n) is 11.2. The normalized spacial score (nSPS) is 16.7. The third-order valence-corrected chi connectivity index (χ3v) is 3.97. The molecule has 0 amide bonds. The van der Waals surface area contributed by atoms with Gasteiger partial charge in [-0.3, -0.25) is 4.99 Å². The van der Waals surface area contributed by atoms with Crippen LogP contribution in [0.5, 0.6) is 0 Å². The quantitative estimate of drug-likeness (QED) is 0.670. The van der Waals surface area contributed by atoms with Crippen molar-refractivity contribution in [3.05, 3.63) is 63.7 Å². The second kappa shape index (κ2) is 4.82. The minimum atomic E-state index is 0.367.